The van der Waals surface area contributed by atoms with Gasteiger partial charge in [0.15, 0.2) is 11.6 Å². The third kappa shape index (κ3) is 3.89. The summed E-state index contributed by atoms with van der Waals surface area (Å²) in [6, 6.07) is 9.51. The predicted molar refractivity (Wildman–Crippen MR) is 92.3 cm³/mol. The van der Waals surface area contributed by atoms with Crippen LogP contribution in [0.1, 0.15) is 54.5 Å². The van der Waals surface area contributed by atoms with E-state index < -0.39 is 5.41 Å². The lowest BCUT2D eigenvalue weighted by atomic mass is 9.86. The molecule has 25 heavy (non-hydrogen) atoms. The number of anilines is 1. The molecule has 1 aliphatic heterocycles. The summed E-state index contributed by atoms with van der Waals surface area (Å²) < 4.78 is 10.8. The van der Waals surface area contributed by atoms with Gasteiger partial charge in [0.1, 0.15) is 6.26 Å². The van der Waals surface area contributed by atoms with Crippen LogP contribution in [0.15, 0.2) is 34.9 Å². The zero-order valence-corrected chi connectivity index (χ0v) is 14.4. The number of aromatic nitrogens is 1. The molecule has 2 aromatic rings. The molecule has 0 unspecified atom stereocenters. The average Bonchev–Trinajstić information content (AvgIpc) is 3.13. The normalized spacial score (nSPS) is 15.6. The van der Waals surface area contributed by atoms with Crippen LogP contribution in [-0.4, -0.2) is 24.1 Å². The molecule has 0 saturated carbocycles. The summed E-state index contributed by atoms with van der Waals surface area (Å²) in [5.74, 6) is 0.497. The number of rotatable bonds is 4. The number of amides is 1. The number of nitrogens with one attached hydrogen (secondary N) is 1. The van der Waals surface area contributed by atoms with Crippen LogP contribution in [-0.2, 0) is 10.2 Å². The van der Waals surface area contributed by atoms with E-state index in [4.69, 9.17) is 9.15 Å². The van der Waals surface area contributed by atoms with Crippen LogP contribution >= 0.6 is 0 Å². The topological polar surface area (TPSA) is 88.2 Å². The molecule has 1 N–H and O–H groups in total. The van der Waals surface area contributed by atoms with Crippen molar-refractivity contribution in [3.63, 3.8) is 0 Å². The molecule has 3 rings (SSSR count). The molecule has 130 valence electrons. The molecule has 1 fully saturated rings. The van der Waals surface area contributed by atoms with Crippen molar-refractivity contribution >= 4 is 11.6 Å². The van der Waals surface area contributed by atoms with Crippen LogP contribution in [0.25, 0.3) is 0 Å². The number of nitrogens with zero attached hydrogens (tertiary/aromatic N) is 2. The predicted octanol–water partition coefficient (Wildman–Crippen LogP) is 3.62. The van der Waals surface area contributed by atoms with Gasteiger partial charge in [-0.2, -0.15) is 5.26 Å². The van der Waals surface area contributed by atoms with Gasteiger partial charge < -0.3 is 14.5 Å². The van der Waals surface area contributed by atoms with E-state index >= 15 is 0 Å². The molecule has 0 radical (unpaired) electrons. The molecule has 1 saturated heterocycles. The molecule has 0 aliphatic carbocycles. The van der Waals surface area contributed by atoms with Crippen molar-refractivity contribution in [1.82, 2.24) is 4.98 Å². The molecular formula is C19H21N3O3. The zero-order chi connectivity index (χ0) is 17.9. The van der Waals surface area contributed by atoms with E-state index in [0.717, 1.165) is 18.4 Å². The lowest BCUT2D eigenvalue weighted by Gasteiger charge is -2.18. The van der Waals surface area contributed by atoms with Crippen molar-refractivity contribution in [2.75, 3.05) is 18.5 Å². The number of ether oxygens (including phenoxy) is 1. The second-order valence-electron chi connectivity index (χ2n) is 6.73. The number of carbonyl (C=O) groups excluding carboxylic acids is 1. The van der Waals surface area contributed by atoms with Crippen molar-refractivity contribution in [2.45, 2.75) is 38.0 Å². The van der Waals surface area contributed by atoms with Crippen LogP contribution in [0.5, 0.6) is 0 Å². The monoisotopic (exact) mass is 339 g/mol. The summed E-state index contributed by atoms with van der Waals surface area (Å²) in [6.45, 7) is 5.10. The van der Waals surface area contributed by atoms with Crippen molar-refractivity contribution < 1.29 is 13.9 Å². The van der Waals surface area contributed by atoms with Gasteiger partial charge in [-0.1, -0.05) is 12.1 Å². The van der Waals surface area contributed by atoms with Crippen molar-refractivity contribution in [3.05, 3.63) is 47.7 Å². The first-order chi connectivity index (χ1) is 12.0. The third-order valence-corrected chi connectivity index (χ3v) is 4.47. The molecule has 2 heterocycles. The zero-order valence-electron chi connectivity index (χ0n) is 14.4. The lowest BCUT2D eigenvalue weighted by Crippen LogP contribution is -2.16. The number of hydrogen-bond donors (Lipinski definition) is 1. The Morgan fingerprint density at radius 1 is 1.28 bits per heavy atom. The van der Waals surface area contributed by atoms with Gasteiger partial charge >= 0.3 is 0 Å². The fourth-order valence-corrected chi connectivity index (χ4v) is 2.75. The Labute approximate surface area is 146 Å². The maximum Gasteiger partial charge on any atom is 0.277 e. The first-order valence-corrected chi connectivity index (χ1v) is 8.36. The maximum absolute atomic E-state index is 12.3. The Morgan fingerprint density at radius 2 is 1.96 bits per heavy atom. The minimum atomic E-state index is -0.562. The summed E-state index contributed by atoms with van der Waals surface area (Å²) in [5, 5.41) is 12.0. The van der Waals surface area contributed by atoms with E-state index in [2.05, 4.69) is 16.4 Å². The number of oxazole rings is 1. The second kappa shape index (κ2) is 7.08. The minimum Gasteiger partial charge on any atom is -0.448 e. The highest BCUT2D eigenvalue weighted by atomic mass is 16.5. The van der Waals surface area contributed by atoms with Crippen LogP contribution in [0.3, 0.4) is 0 Å². The Balaban J connectivity index is 1.66. The molecule has 0 atom stereocenters. The highest BCUT2D eigenvalue weighted by Gasteiger charge is 2.23. The molecule has 1 aliphatic rings. The first-order valence-electron chi connectivity index (χ1n) is 8.36. The summed E-state index contributed by atoms with van der Waals surface area (Å²) in [6.07, 6.45) is 3.11. The number of hydrogen-bond acceptors (Lipinski definition) is 5. The quantitative estimate of drug-likeness (QED) is 0.919. The summed E-state index contributed by atoms with van der Waals surface area (Å²) >= 11 is 0. The van der Waals surface area contributed by atoms with Gasteiger partial charge in [0.25, 0.3) is 5.91 Å². The van der Waals surface area contributed by atoms with Gasteiger partial charge in [0, 0.05) is 24.8 Å². The average molecular weight is 339 g/mol. The van der Waals surface area contributed by atoms with Gasteiger partial charge in [-0.05, 0) is 44.4 Å². The number of benzene rings is 1. The van der Waals surface area contributed by atoms with Gasteiger partial charge in [0.05, 0.1) is 11.5 Å². The third-order valence-electron chi connectivity index (χ3n) is 4.47. The fourth-order valence-electron chi connectivity index (χ4n) is 2.75. The van der Waals surface area contributed by atoms with E-state index in [-0.39, 0.29) is 17.5 Å². The molecule has 0 bridgehead atoms. The van der Waals surface area contributed by atoms with Crippen LogP contribution in [0, 0.1) is 11.3 Å². The SMILES string of the molecule is CC(C)(C#N)c1ccc(NC(=O)c2coc(C3CCOCC3)n2)cc1. The van der Waals surface area contributed by atoms with E-state index in [1.807, 2.05) is 26.0 Å². The summed E-state index contributed by atoms with van der Waals surface area (Å²) in [7, 11) is 0. The van der Waals surface area contributed by atoms with Crippen LogP contribution < -0.4 is 5.32 Å². The molecular weight excluding hydrogens is 318 g/mol. The molecule has 1 aromatic heterocycles. The fraction of sp³-hybridized carbons (Fsp3) is 0.421. The molecule has 0 spiro atoms. The molecule has 6 heteroatoms. The first kappa shape index (κ1) is 17.2. The van der Waals surface area contributed by atoms with E-state index in [1.165, 1.54) is 6.26 Å². The number of carbonyl (C=O) groups is 1. The Morgan fingerprint density at radius 3 is 2.60 bits per heavy atom. The minimum absolute atomic E-state index is 0.211. The van der Waals surface area contributed by atoms with Crippen LogP contribution in [0.4, 0.5) is 5.69 Å². The maximum atomic E-state index is 12.3. The van der Waals surface area contributed by atoms with Gasteiger partial charge in [-0.25, -0.2) is 4.98 Å². The summed E-state index contributed by atoms with van der Waals surface area (Å²) in [4.78, 5) is 16.7. The highest BCUT2D eigenvalue weighted by Crippen LogP contribution is 2.27. The Bertz CT molecular complexity index is 781. The lowest BCUT2D eigenvalue weighted by molar-refractivity contribution is 0.0794. The molecule has 6 nitrogen and oxygen atoms in total. The summed E-state index contributed by atoms with van der Waals surface area (Å²) in [5.41, 5.74) is 1.25. The Hall–Kier alpha value is -2.65. The van der Waals surface area contributed by atoms with E-state index in [1.54, 1.807) is 12.1 Å². The number of nitriles is 1. The van der Waals surface area contributed by atoms with Crippen molar-refractivity contribution in [3.8, 4) is 6.07 Å². The van der Waals surface area contributed by atoms with Crippen LogP contribution in [0.2, 0.25) is 0 Å². The van der Waals surface area contributed by atoms with E-state index in [0.29, 0.717) is 24.8 Å². The van der Waals surface area contributed by atoms with Crippen molar-refractivity contribution in [1.29, 1.82) is 5.26 Å². The van der Waals surface area contributed by atoms with E-state index in [9.17, 15) is 10.1 Å². The Kier molecular flexibility index (Phi) is 4.86. The van der Waals surface area contributed by atoms with Gasteiger partial charge in [0.2, 0.25) is 0 Å². The highest BCUT2D eigenvalue weighted by molar-refractivity contribution is 6.02. The van der Waals surface area contributed by atoms with Crippen molar-refractivity contribution in [2.24, 2.45) is 0 Å². The second-order valence-corrected chi connectivity index (χ2v) is 6.73. The molecule has 1 aromatic carbocycles. The molecule has 1 amide bonds. The van der Waals surface area contributed by atoms with Gasteiger partial charge in [-0.3, -0.25) is 4.79 Å². The standard InChI is InChI=1S/C19H21N3O3/c1-19(2,12-20)14-3-5-15(6-4-14)21-17(23)16-11-25-18(22-16)13-7-9-24-10-8-13/h3-6,11,13H,7-10H2,1-2H3,(H,21,23). The smallest absolute Gasteiger partial charge is 0.277 e. The van der Waals surface area contributed by atoms with Gasteiger partial charge in [-0.15, -0.1) is 0 Å². The largest absolute Gasteiger partial charge is 0.448 e.